The Balaban J connectivity index is 0.930. The molecule has 2 aliphatic rings. The molecule has 73 heavy (non-hydrogen) atoms. The van der Waals surface area contributed by atoms with Crippen LogP contribution in [0.5, 0.6) is 5.75 Å². The van der Waals surface area contributed by atoms with Crippen molar-refractivity contribution in [1.82, 2.24) is 0 Å². The predicted molar refractivity (Wildman–Crippen MR) is 306 cm³/mol. The number of phenols is 1. The molecule has 2 heteroatoms. The zero-order valence-corrected chi connectivity index (χ0v) is 41.6. The normalized spacial score (nSPS) is 13.6. The molecule has 0 saturated heterocycles. The number of hydrogen-bond donors (Lipinski definition) is 1. The summed E-state index contributed by atoms with van der Waals surface area (Å²) in [6, 6.07) is 89.9. The van der Waals surface area contributed by atoms with Crippen LogP contribution < -0.4 is 4.90 Å². The van der Waals surface area contributed by atoms with E-state index in [1.807, 2.05) is 0 Å². The molecule has 11 aromatic rings. The molecule has 13 rings (SSSR count). The highest BCUT2D eigenvalue weighted by atomic mass is 16.3. The number of hydrogen-bond acceptors (Lipinski definition) is 2. The molecule has 0 atom stereocenters. The first kappa shape index (κ1) is 44.2. The minimum atomic E-state index is -0.147. The van der Waals surface area contributed by atoms with E-state index in [4.69, 9.17) is 0 Å². The molecule has 0 heterocycles. The average Bonchev–Trinajstić information content (AvgIpc) is 3.82. The average molecular weight is 938 g/mol. The van der Waals surface area contributed by atoms with Crippen LogP contribution in [0.3, 0.4) is 0 Å². The first-order valence-corrected chi connectivity index (χ1v) is 25.6. The second-order valence-corrected chi connectivity index (χ2v) is 20.9. The number of benzene rings is 11. The van der Waals surface area contributed by atoms with Crippen molar-refractivity contribution in [3.8, 4) is 61.4 Å². The first-order chi connectivity index (χ1) is 35.7. The third-order valence-electron chi connectivity index (χ3n) is 16.1. The Morgan fingerprint density at radius 3 is 1.22 bits per heavy atom. The molecule has 0 saturated carbocycles. The van der Waals surface area contributed by atoms with Crippen LogP contribution in [0.1, 0.15) is 72.6 Å². The van der Waals surface area contributed by atoms with Gasteiger partial charge in [-0.2, -0.15) is 0 Å². The fourth-order valence-corrected chi connectivity index (χ4v) is 12.7. The van der Waals surface area contributed by atoms with E-state index in [2.05, 4.69) is 281 Å². The maximum absolute atomic E-state index is 12.9. The van der Waals surface area contributed by atoms with Gasteiger partial charge in [-0.15, -0.1) is 0 Å². The van der Waals surface area contributed by atoms with Gasteiger partial charge in [0.05, 0.1) is 5.69 Å². The molecule has 0 radical (unpaired) electrons. The lowest BCUT2D eigenvalue weighted by atomic mass is 9.79. The Labute approximate surface area is 429 Å². The minimum absolute atomic E-state index is 0.0894. The van der Waals surface area contributed by atoms with E-state index in [-0.39, 0.29) is 22.5 Å². The lowest BCUT2D eigenvalue weighted by Gasteiger charge is -2.28. The highest BCUT2D eigenvalue weighted by Crippen LogP contribution is 2.54. The quantitative estimate of drug-likeness (QED) is 0.146. The van der Waals surface area contributed by atoms with Crippen molar-refractivity contribution in [1.29, 1.82) is 0 Å². The largest absolute Gasteiger partial charge is 0.505 e. The maximum Gasteiger partial charge on any atom is 0.148 e. The van der Waals surface area contributed by atoms with Gasteiger partial charge in [0.25, 0.3) is 0 Å². The van der Waals surface area contributed by atoms with Gasteiger partial charge in [0.1, 0.15) is 5.75 Å². The van der Waals surface area contributed by atoms with Gasteiger partial charge in [0.15, 0.2) is 0 Å². The second-order valence-electron chi connectivity index (χ2n) is 20.9. The zero-order chi connectivity index (χ0) is 49.4. The number of aromatic hydroxyl groups is 1. The Hall–Kier alpha value is -8.72. The van der Waals surface area contributed by atoms with E-state index in [1.54, 1.807) is 0 Å². The molecule has 0 amide bonds. The van der Waals surface area contributed by atoms with E-state index in [1.165, 1.54) is 72.3 Å². The summed E-state index contributed by atoms with van der Waals surface area (Å²) in [4.78, 5) is 2.22. The van der Waals surface area contributed by atoms with Gasteiger partial charge in [0.2, 0.25) is 0 Å². The Morgan fingerprint density at radius 2 is 0.712 bits per heavy atom. The first-order valence-electron chi connectivity index (χ1n) is 25.6. The molecule has 0 aliphatic heterocycles. The van der Waals surface area contributed by atoms with Crippen molar-refractivity contribution >= 4 is 27.8 Å². The summed E-state index contributed by atoms with van der Waals surface area (Å²) in [6.07, 6.45) is 0. The van der Waals surface area contributed by atoms with Crippen LogP contribution in [0.15, 0.2) is 249 Å². The fraction of sp³-hybridized carbons (Fsp3) is 0.0986. The third kappa shape index (κ3) is 7.15. The Morgan fingerprint density at radius 1 is 0.329 bits per heavy atom. The summed E-state index contributed by atoms with van der Waals surface area (Å²) in [5, 5.41) is 14.7. The molecule has 350 valence electrons. The van der Waals surface area contributed by atoms with Gasteiger partial charge in [0, 0.05) is 33.5 Å². The maximum atomic E-state index is 12.9. The number of nitrogens with zero attached hydrogens (tertiary/aromatic N) is 1. The molecule has 1 N–H and O–H groups in total. The SMILES string of the molecule is CC1(C)c2ccccc2-c2cccc(-c3ccc(N(c4ccc(-c5cccc6c5C(C)(C)c5ccccc5-6)cc4)c4ccc5cccc(-c6ccc(C(c7ccccc7)c7ccccc7)cc6)c5c4O)cc3)c21. The van der Waals surface area contributed by atoms with Gasteiger partial charge < -0.3 is 10.0 Å². The summed E-state index contributed by atoms with van der Waals surface area (Å²) in [7, 11) is 0. The van der Waals surface area contributed by atoms with Crippen LogP contribution in [0.4, 0.5) is 17.1 Å². The van der Waals surface area contributed by atoms with E-state index < -0.39 is 0 Å². The number of rotatable bonds is 9. The lowest BCUT2D eigenvalue weighted by Crippen LogP contribution is -2.16. The van der Waals surface area contributed by atoms with Gasteiger partial charge in [-0.1, -0.05) is 246 Å². The van der Waals surface area contributed by atoms with E-state index in [9.17, 15) is 5.11 Å². The number of phenolic OH excluding ortho intramolecular Hbond substituents is 1. The van der Waals surface area contributed by atoms with Gasteiger partial charge in [-0.25, -0.2) is 0 Å². The van der Waals surface area contributed by atoms with E-state index in [0.29, 0.717) is 5.69 Å². The number of fused-ring (bicyclic) bond motifs is 7. The monoisotopic (exact) mass is 937 g/mol. The van der Waals surface area contributed by atoms with Crippen LogP contribution >= 0.6 is 0 Å². The molecule has 0 spiro atoms. The second kappa shape index (κ2) is 17.3. The van der Waals surface area contributed by atoms with Crippen molar-refractivity contribution in [3.63, 3.8) is 0 Å². The van der Waals surface area contributed by atoms with Crippen LogP contribution in [0.25, 0.3) is 66.4 Å². The molecule has 11 aromatic carbocycles. The molecular weight excluding hydrogens is 883 g/mol. The van der Waals surface area contributed by atoms with Crippen molar-refractivity contribution in [2.24, 2.45) is 0 Å². The standard InChI is InChI=1S/C71H55NO/c1-70(2)62-30-13-11-23-58(62)60-28-16-26-56(67(60)70)47-36-41-53(42-37-47)72(54-43-38-48(39-44-54)57-27-17-29-61-59-24-12-14-31-63(59)71(3,4)68(57)61)64-45-40-51-22-15-25-55(66(51)69(64)73)46-32-34-52(35-33-46)65(49-18-7-5-8-19-49)50-20-9-6-10-21-50/h5-45,65,73H,1-4H3. The van der Waals surface area contributed by atoms with Crippen molar-refractivity contribution < 1.29 is 5.11 Å². The summed E-state index contributed by atoms with van der Waals surface area (Å²) in [6.45, 7) is 9.40. The zero-order valence-electron chi connectivity index (χ0n) is 41.6. The van der Waals surface area contributed by atoms with Crippen molar-refractivity contribution in [3.05, 3.63) is 288 Å². The summed E-state index contributed by atoms with van der Waals surface area (Å²) >= 11 is 0. The van der Waals surface area contributed by atoms with Gasteiger partial charge in [-0.3, -0.25) is 0 Å². The summed E-state index contributed by atoms with van der Waals surface area (Å²) in [5.74, 6) is 0.323. The van der Waals surface area contributed by atoms with E-state index in [0.717, 1.165) is 44.4 Å². The molecule has 0 aromatic heterocycles. The topological polar surface area (TPSA) is 23.5 Å². The van der Waals surface area contributed by atoms with E-state index >= 15 is 0 Å². The van der Waals surface area contributed by atoms with Crippen LogP contribution in [-0.2, 0) is 10.8 Å². The summed E-state index contributed by atoms with van der Waals surface area (Å²) in [5.41, 5.74) is 23.5. The van der Waals surface area contributed by atoms with Crippen LogP contribution in [-0.4, -0.2) is 5.11 Å². The summed E-state index contributed by atoms with van der Waals surface area (Å²) < 4.78 is 0. The Bertz CT molecular complexity index is 3700. The molecule has 2 aliphatic carbocycles. The lowest BCUT2D eigenvalue weighted by molar-refractivity contribution is 0.483. The highest BCUT2D eigenvalue weighted by molar-refractivity contribution is 6.05. The molecule has 0 unspecified atom stereocenters. The number of anilines is 3. The molecule has 0 bridgehead atoms. The minimum Gasteiger partial charge on any atom is -0.505 e. The van der Waals surface area contributed by atoms with Gasteiger partial charge in [-0.05, 0) is 130 Å². The van der Waals surface area contributed by atoms with Crippen LogP contribution in [0.2, 0.25) is 0 Å². The smallest absolute Gasteiger partial charge is 0.148 e. The predicted octanol–water partition coefficient (Wildman–Crippen LogP) is 18.8. The van der Waals surface area contributed by atoms with Crippen molar-refractivity contribution in [2.75, 3.05) is 4.90 Å². The Kier molecular flexibility index (Phi) is 10.5. The molecular formula is C71H55NO. The van der Waals surface area contributed by atoms with Gasteiger partial charge >= 0.3 is 0 Å². The third-order valence-corrected chi connectivity index (χ3v) is 16.1. The molecule has 2 nitrogen and oxygen atoms in total. The van der Waals surface area contributed by atoms with Crippen LogP contribution in [0, 0.1) is 0 Å². The molecule has 0 fully saturated rings. The van der Waals surface area contributed by atoms with Crippen molar-refractivity contribution in [2.45, 2.75) is 44.4 Å². The fourth-order valence-electron chi connectivity index (χ4n) is 12.7. The highest BCUT2D eigenvalue weighted by Gasteiger charge is 2.38.